The van der Waals surface area contributed by atoms with E-state index in [0.717, 1.165) is 39.3 Å². The summed E-state index contributed by atoms with van der Waals surface area (Å²) in [6.07, 6.45) is 3.87. The largest absolute Gasteiger partial charge is 0.422 e. The van der Waals surface area contributed by atoms with Crippen LogP contribution in [0.25, 0.3) is 0 Å². The van der Waals surface area contributed by atoms with Gasteiger partial charge >= 0.3 is 11.9 Å². The zero-order chi connectivity index (χ0) is 23.2. The Bertz CT molecular complexity index is 1040. The number of ether oxygens (including phenoxy) is 2. The van der Waals surface area contributed by atoms with Crippen LogP contribution in [0.4, 0.5) is 0 Å². The molecule has 2 aromatic carbocycles. The van der Waals surface area contributed by atoms with E-state index >= 15 is 0 Å². The third-order valence-corrected chi connectivity index (χ3v) is 8.82. The third kappa shape index (κ3) is 3.68. The highest BCUT2D eigenvalue weighted by molar-refractivity contribution is 9.10. The summed E-state index contributed by atoms with van der Waals surface area (Å²) in [5, 5.41) is 0. The molecule has 0 radical (unpaired) electrons. The first kappa shape index (κ1) is 22.8. The summed E-state index contributed by atoms with van der Waals surface area (Å²) >= 11 is 7.16. The monoisotopic (exact) mass is 574 g/mol. The van der Waals surface area contributed by atoms with Gasteiger partial charge in [0.2, 0.25) is 0 Å². The number of carbonyl (C=O) groups is 3. The molecule has 1 heterocycles. The van der Waals surface area contributed by atoms with Gasteiger partial charge in [0, 0.05) is 46.5 Å². The Labute approximate surface area is 209 Å². The van der Waals surface area contributed by atoms with Crippen molar-refractivity contribution in [1.82, 2.24) is 0 Å². The highest BCUT2D eigenvalue weighted by Crippen LogP contribution is 2.60. The minimum atomic E-state index is -1.65. The summed E-state index contributed by atoms with van der Waals surface area (Å²) < 4.78 is 13.6. The van der Waals surface area contributed by atoms with Gasteiger partial charge in [0.15, 0.2) is 5.41 Å². The highest BCUT2D eigenvalue weighted by atomic mass is 79.9. The Balaban J connectivity index is 1.71. The first-order valence-electron chi connectivity index (χ1n) is 11.3. The molecule has 2 aliphatic carbocycles. The van der Waals surface area contributed by atoms with Crippen molar-refractivity contribution < 1.29 is 23.9 Å². The lowest BCUT2D eigenvalue weighted by atomic mass is 9.55. The quantitative estimate of drug-likeness (QED) is 0.315. The molecule has 2 aromatic rings. The van der Waals surface area contributed by atoms with E-state index < -0.39 is 35.0 Å². The van der Waals surface area contributed by atoms with Gasteiger partial charge in [0.05, 0.1) is 0 Å². The molecule has 0 unspecified atom stereocenters. The molecule has 2 atom stereocenters. The van der Waals surface area contributed by atoms with Crippen molar-refractivity contribution in [2.24, 2.45) is 5.41 Å². The van der Waals surface area contributed by atoms with Crippen LogP contribution in [0, 0.1) is 5.41 Å². The average molecular weight is 576 g/mol. The maximum absolute atomic E-state index is 14.1. The number of ketones is 1. The molecule has 3 aliphatic rings. The number of halogens is 2. The Morgan fingerprint density at radius 1 is 0.697 bits per heavy atom. The van der Waals surface area contributed by atoms with E-state index in [-0.39, 0.29) is 18.6 Å². The maximum atomic E-state index is 14.1. The van der Waals surface area contributed by atoms with Crippen LogP contribution >= 0.6 is 31.9 Å². The van der Waals surface area contributed by atoms with Crippen LogP contribution in [0.5, 0.6) is 0 Å². The summed E-state index contributed by atoms with van der Waals surface area (Å²) in [6, 6.07) is 14.9. The van der Waals surface area contributed by atoms with Gasteiger partial charge < -0.3 is 9.47 Å². The predicted molar refractivity (Wildman–Crippen MR) is 128 cm³/mol. The van der Waals surface area contributed by atoms with Crippen LogP contribution in [0.1, 0.15) is 67.9 Å². The maximum Gasteiger partial charge on any atom is 0.328 e. The molecule has 1 aliphatic heterocycles. The molecule has 0 amide bonds. The van der Waals surface area contributed by atoms with Crippen LogP contribution in [-0.4, -0.2) is 23.5 Å². The Morgan fingerprint density at radius 2 is 1.15 bits per heavy atom. The van der Waals surface area contributed by atoms with Gasteiger partial charge in [0.1, 0.15) is 5.78 Å². The van der Waals surface area contributed by atoms with Crippen molar-refractivity contribution in [3.63, 3.8) is 0 Å². The average Bonchev–Trinajstić information content (AvgIpc) is 2.79. The van der Waals surface area contributed by atoms with Crippen LogP contribution in [0.2, 0.25) is 0 Å². The zero-order valence-corrected chi connectivity index (χ0v) is 21.2. The number of hydrogen-bond acceptors (Lipinski definition) is 5. The summed E-state index contributed by atoms with van der Waals surface area (Å²) in [7, 11) is 0. The lowest BCUT2D eigenvalue weighted by Crippen LogP contribution is -2.62. The molecule has 0 N–H and O–H groups in total. The van der Waals surface area contributed by atoms with E-state index in [1.807, 2.05) is 48.5 Å². The number of carbonyl (C=O) groups excluding carboxylic acids is 3. The van der Waals surface area contributed by atoms with Crippen LogP contribution in [0.3, 0.4) is 0 Å². The van der Waals surface area contributed by atoms with Crippen molar-refractivity contribution >= 4 is 49.6 Å². The van der Waals surface area contributed by atoms with Gasteiger partial charge in [-0.3, -0.25) is 14.4 Å². The highest BCUT2D eigenvalue weighted by Gasteiger charge is 2.68. The van der Waals surface area contributed by atoms with E-state index in [4.69, 9.17) is 9.47 Å². The van der Waals surface area contributed by atoms with Gasteiger partial charge in [-0.15, -0.1) is 0 Å². The number of rotatable bonds is 2. The Morgan fingerprint density at radius 3 is 1.61 bits per heavy atom. The molecule has 5 rings (SSSR count). The van der Waals surface area contributed by atoms with Crippen molar-refractivity contribution in [3.05, 3.63) is 68.6 Å². The minimum Gasteiger partial charge on any atom is -0.422 e. The summed E-state index contributed by atoms with van der Waals surface area (Å²) in [4.78, 5) is 41.2. The standard InChI is InChI=1S/C26H24Br2O5/c27-21-10-4-2-8-17(21)19-14-16(29)15-20(18-9-3-5-11-22(18)28)26(19)23(30)32-25(33-24(26)31)12-6-1-7-13-25/h2-5,8-11,19-20H,1,6-7,12-15H2/t19-,20+. The van der Waals surface area contributed by atoms with Crippen molar-refractivity contribution in [2.75, 3.05) is 0 Å². The SMILES string of the molecule is O=C1C[C@H](c2ccccc2Br)C2(C(=O)OC3(CCCCC3)OC2=O)[C@H](c2ccccc2Br)C1. The second-order valence-electron chi connectivity index (χ2n) is 9.21. The molecule has 0 aromatic heterocycles. The summed E-state index contributed by atoms with van der Waals surface area (Å²) in [5.74, 6) is -3.74. The fraction of sp³-hybridized carbons (Fsp3) is 0.423. The topological polar surface area (TPSA) is 69.7 Å². The van der Waals surface area contributed by atoms with Crippen molar-refractivity contribution in [2.45, 2.75) is 62.6 Å². The molecule has 5 nitrogen and oxygen atoms in total. The van der Waals surface area contributed by atoms with E-state index in [9.17, 15) is 14.4 Å². The van der Waals surface area contributed by atoms with Crippen LogP contribution in [-0.2, 0) is 23.9 Å². The van der Waals surface area contributed by atoms with Gasteiger partial charge in [-0.1, -0.05) is 74.7 Å². The number of esters is 2. The Kier molecular flexibility index (Phi) is 5.98. The van der Waals surface area contributed by atoms with Gasteiger partial charge in [-0.25, -0.2) is 0 Å². The smallest absolute Gasteiger partial charge is 0.328 e. The number of Topliss-reactive ketones (excluding diaryl/α,β-unsaturated/α-hetero) is 1. The summed E-state index contributed by atoms with van der Waals surface area (Å²) in [5.41, 5.74) is -0.183. The van der Waals surface area contributed by atoms with Gasteiger partial charge in [0.25, 0.3) is 5.79 Å². The number of benzene rings is 2. The molecule has 2 spiro atoms. The first-order valence-corrected chi connectivity index (χ1v) is 12.9. The molecule has 3 fully saturated rings. The normalized spacial score (nSPS) is 26.2. The van der Waals surface area contributed by atoms with E-state index in [2.05, 4.69) is 31.9 Å². The zero-order valence-electron chi connectivity index (χ0n) is 18.0. The lowest BCUT2D eigenvalue weighted by molar-refractivity contribution is -0.275. The molecular weight excluding hydrogens is 552 g/mol. The molecule has 172 valence electrons. The second kappa shape index (κ2) is 8.66. The molecule has 1 saturated heterocycles. The fourth-order valence-electron chi connectivity index (χ4n) is 5.80. The molecule has 7 heteroatoms. The fourth-order valence-corrected chi connectivity index (χ4v) is 6.93. The van der Waals surface area contributed by atoms with Gasteiger partial charge in [-0.2, -0.15) is 0 Å². The summed E-state index contributed by atoms with van der Waals surface area (Å²) in [6.45, 7) is 0. The molecular formula is C26H24Br2O5. The molecule has 2 saturated carbocycles. The van der Waals surface area contributed by atoms with E-state index in [1.165, 1.54) is 0 Å². The minimum absolute atomic E-state index is 0.000634. The number of hydrogen-bond donors (Lipinski definition) is 0. The third-order valence-electron chi connectivity index (χ3n) is 7.37. The Hall–Kier alpha value is -1.99. The van der Waals surface area contributed by atoms with Crippen LogP contribution < -0.4 is 0 Å². The molecule has 0 bridgehead atoms. The second-order valence-corrected chi connectivity index (χ2v) is 10.9. The van der Waals surface area contributed by atoms with Crippen molar-refractivity contribution in [1.29, 1.82) is 0 Å². The van der Waals surface area contributed by atoms with E-state index in [1.54, 1.807) is 0 Å². The lowest BCUT2D eigenvalue weighted by Gasteiger charge is -2.52. The van der Waals surface area contributed by atoms with Gasteiger partial charge in [-0.05, 0) is 36.1 Å². The van der Waals surface area contributed by atoms with E-state index in [0.29, 0.717) is 12.8 Å². The molecule has 33 heavy (non-hydrogen) atoms. The first-order chi connectivity index (χ1) is 15.9. The predicted octanol–water partition coefficient (Wildman–Crippen LogP) is 6.19. The van der Waals surface area contributed by atoms with Crippen LogP contribution in [0.15, 0.2) is 57.5 Å². The van der Waals surface area contributed by atoms with Crippen molar-refractivity contribution in [3.8, 4) is 0 Å².